The number of likely N-dealkylation sites (tertiary alicyclic amines) is 1. The third-order valence-corrected chi connectivity index (χ3v) is 5.48. The van der Waals surface area contributed by atoms with Gasteiger partial charge in [-0.2, -0.15) is 5.10 Å². The van der Waals surface area contributed by atoms with Crippen LogP contribution in [0.25, 0.3) is 0 Å². The molecule has 1 N–H and O–H groups in total. The van der Waals surface area contributed by atoms with Crippen LogP contribution in [0.5, 0.6) is 0 Å². The number of hydrogen-bond acceptors (Lipinski definition) is 3. The standard InChI is InChI=1S/C18H30N4O/c1-4-22-17-7-5-6-16(15(17)12-19-22)20-14(3)18(23)21-10-8-13(2)9-11-21/h12-14,16,20H,4-11H2,1-3H3/t14-,16+/m0/s1. The number of nitrogens with one attached hydrogen (secondary N) is 1. The van der Waals surface area contributed by atoms with Gasteiger partial charge in [0, 0.05) is 36.9 Å². The minimum absolute atomic E-state index is 0.121. The van der Waals surface area contributed by atoms with Gasteiger partial charge < -0.3 is 4.90 Å². The van der Waals surface area contributed by atoms with E-state index < -0.39 is 0 Å². The Bertz CT molecular complexity index is 545. The van der Waals surface area contributed by atoms with Gasteiger partial charge >= 0.3 is 0 Å². The van der Waals surface area contributed by atoms with E-state index in [1.807, 2.05) is 18.0 Å². The summed E-state index contributed by atoms with van der Waals surface area (Å²) in [6.07, 6.45) is 7.63. The zero-order valence-electron chi connectivity index (χ0n) is 14.7. The van der Waals surface area contributed by atoms with Gasteiger partial charge in [-0.25, -0.2) is 0 Å². The highest BCUT2D eigenvalue weighted by molar-refractivity contribution is 5.81. The average Bonchev–Trinajstić information content (AvgIpc) is 2.99. The first kappa shape index (κ1) is 16.5. The second-order valence-corrected chi connectivity index (χ2v) is 7.20. The van der Waals surface area contributed by atoms with E-state index in [-0.39, 0.29) is 18.0 Å². The molecule has 1 aromatic rings. The molecule has 0 bridgehead atoms. The summed E-state index contributed by atoms with van der Waals surface area (Å²) in [5.74, 6) is 1.01. The van der Waals surface area contributed by atoms with E-state index in [0.29, 0.717) is 0 Å². The van der Waals surface area contributed by atoms with Crippen LogP contribution in [0.2, 0.25) is 0 Å². The lowest BCUT2D eigenvalue weighted by Gasteiger charge is -2.34. The van der Waals surface area contributed by atoms with Crippen molar-refractivity contribution in [2.24, 2.45) is 5.92 Å². The Morgan fingerprint density at radius 2 is 2.13 bits per heavy atom. The van der Waals surface area contributed by atoms with E-state index in [2.05, 4.69) is 28.9 Å². The molecule has 23 heavy (non-hydrogen) atoms. The Kier molecular flexibility index (Phi) is 5.05. The van der Waals surface area contributed by atoms with Crippen LogP contribution in [0.1, 0.15) is 63.8 Å². The lowest BCUT2D eigenvalue weighted by molar-refractivity contribution is -0.134. The van der Waals surface area contributed by atoms with Crippen molar-refractivity contribution in [2.45, 2.75) is 71.5 Å². The molecule has 5 heteroatoms. The number of aryl methyl sites for hydroxylation is 1. The van der Waals surface area contributed by atoms with Gasteiger partial charge in [0.05, 0.1) is 12.2 Å². The highest BCUT2D eigenvalue weighted by atomic mass is 16.2. The van der Waals surface area contributed by atoms with Crippen molar-refractivity contribution < 1.29 is 4.79 Å². The van der Waals surface area contributed by atoms with Gasteiger partial charge in [-0.3, -0.25) is 14.8 Å². The van der Waals surface area contributed by atoms with Crippen molar-refractivity contribution in [1.29, 1.82) is 0 Å². The Balaban J connectivity index is 1.63. The van der Waals surface area contributed by atoms with Gasteiger partial charge in [-0.05, 0) is 51.9 Å². The number of amides is 1. The Morgan fingerprint density at radius 3 is 2.83 bits per heavy atom. The summed E-state index contributed by atoms with van der Waals surface area (Å²) in [7, 11) is 0. The number of rotatable bonds is 4. The lowest BCUT2D eigenvalue weighted by Crippen LogP contribution is -2.48. The number of piperidine rings is 1. The number of carbonyl (C=O) groups excluding carboxylic acids is 1. The minimum Gasteiger partial charge on any atom is -0.341 e. The molecule has 0 radical (unpaired) electrons. The lowest BCUT2D eigenvalue weighted by atomic mass is 9.92. The predicted octanol–water partition coefficient (Wildman–Crippen LogP) is 2.52. The second-order valence-electron chi connectivity index (χ2n) is 7.20. The Morgan fingerprint density at radius 1 is 1.39 bits per heavy atom. The second kappa shape index (κ2) is 7.04. The van der Waals surface area contributed by atoms with E-state index in [1.54, 1.807) is 0 Å². The summed E-state index contributed by atoms with van der Waals surface area (Å²) in [5, 5.41) is 8.07. The van der Waals surface area contributed by atoms with Crippen molar-refractivity contribution in [3.05, 3.63) is 17.5 Å². The molecule has 3 rings (SSSR count). The molecule has 128 valence electrons. The quantitative estimate of drug-likeness (QED) is 0.928. The highest BCUT2D eigenvalue weighted by Crippen LogP contribution is 2.30. The van der Waals surface area contributed by atoms with Gasteiger partial charge in [-0.15, -0.1) is 0 Å². The maximum absolute atomic E-state index is 12.7. The third-order valence-electron chi connectivity index (χ3n) is 5.48. The predicted molar refractivity (Wildman–Crippen MR) is 91.2 cm³/mol. The molecule has 1 aromatic heterocycles. The highest BCUT2D eigenvalue weighted by Gasteiger charge is 2.29. The normalized spacial score (nSPS) is 23.6. The summed E-state index contributed by atoms with van der Waals surface area (Å²) in [5.41, 5.74) is 2.65. The molecule has 0 aromatic carbocycles. The van der Waals surface area contributed by atoms with Gasteiger partial charge in [0.2, 0.25) is 5.91 Å². The molecule has 0 spiro atoms. The molecule has 1 saturated heterocycles. The average molecular weight is 318 g/mol. The fourth-order valence-electron chi connectivity index (χ4n) is 3.94. The molecule has 2 heterocycles. The molecule has 2 atom stereocenters. The number of carbonyl (C=O) groups is 1. The first-order chi connectivity index (χ1) is 11.1. The molecule has 1 aliphatic heterocycles. The molecule has 1 fully saturated rings. The van der Waals surface area contributed by atoms with Gasteiger partial charge in [-0.1, -0.05) is 6.92 Å². The van der Waals surface area contributed by atoms with E-state index in [0.717, 1.165) is 51.2 Å². The van der Waals surface area contributed by atoms with Crippen molar-refractivity contribution >= 4 is 5.91 Å². The Hall–Kier alpha value is -1.36. The number of aromatic nitrogens is 2. The number of fused-ring (bicyclic) bond motifs is 1. The number of nitrogens with zero attached hydrogens (tertiary/aromatic N) is 3. The van der Waals surface area contributed by atoms with Crippen LogP contribution in [-0.4, -0.2) is 39.7 Å². The summed E-state index contributed by atoms with van der Waals surface area (Å²) in [6.45, 7) is 9.17. The van der Waals surface area contributed by atoms with Crippen LogP contribution in [-0.2, 0) is 17.8 Å². The van der Waals surface area contributed by atoms with Crippen molar-refractivity contribution in [3.8, 4) is 0 Å². The molecular formula is C18H30N4O. The first-order valence-electron chi connectivity index (χ1n) is 9.19. The summed E-state index contributed by atoms with van der Waals surface area (Å²) < 4.78 is 2.10. The molecule has 1 aliphatic carbocycles. The molecule has 0 unspecified atom stereocenters. The molecule has 2 aliphatic rings. The van der Waals surface area contributed by atoms with Crippen LogP contribution >= 0.6 is 0 Å². The molecule has 0 saturated carbocycles. The van der Waals surface area contributed by atoms with Gasteiger partial charge in [0.1, 0.15) is 0 Å². The first-order valence-corrected chi connectivity index (χ1v) is 9.19. The van der Waals surface area contributed by atoms with Crippen LogP contribution in [0.4, 0.5) is 0 Å². The fourth-order valence-corrected chi connectivity index (χ4v) is 3.94. The van der Waals surface area contributed by atoms with Gasteiger partial charge in [0.15, 0.2) is 0 Å². The van der Waals surface area contributed by atoms with E-state index in [9.17, 15) is 4.79 Å². The molecule has 1 amide bonds. The summed E-state index contributed by atoms with van der Waals surface area (Å²) >= 11 is 0. The van der Waals surface area contributed by atoms with E-state index in [1.165, 1.54) is 17.7 Å². The zero-order chi connectivity index (χ0) is 16.4. The molecular weight excluding hydrogens is 288 g/mol. The van der Waals surface area contributed by atoms with Crippen molar-refractivity contribution in [1.82, 2.24) is 20.0 Å². The van der Waals surface area contributed by atoms with E-state index >= 15 is 0 Å². The van der Waals surface area contributed by atoms with E-state index in [4.69, 9.17) is 0 Å². The third kappa shape index (κ3) is 3.44. The van der Waals surface area contributed by atoms with Crippen LogP contribution in [0.15, 0.2) is 6.20 Å². The SMILES string of the molecule is CCn1ncc2c1CCC[C@H]2N[C@@H](C)C(=O)N1CCC(C)CC1. The maximum atomic E-state index is 12.7. The number of hydrogen-bond donors (Lipinski definition) is 1. The van der Waals surface area contributed by atoms with Crippen molar-refractivity contribution in [3.63, 3.8) is 0 Å². The minimum atomic E-state index is -0.121. The Labute approximate surface area is 139 Å². The van der Waals surface area contributed by atoms with Crippen molar-refractivity contribution in [2.75, 3.05) is 13.1 Å². The fraction of sp³-hybridized carbons (Fsp3) is 0.778. The zero-order valence-corrected chi connectivity index (χ0v) is 14.7. The van der Waals surface area contributed by atoms with Crippen LogP contribution < -0.4 is 5.32 Å². The van der Waals surface area contributed by atoms with Crippen LogP contribution in [0.3, 0.4) is 0 Å². The smallest absolute Gasteiger partial charge is 0.239 e. The van der Waals surface area contributed by atoms with Crippen LogP contribution in [0, 0.1) is 5.92 Å². The van der Waals surface area contributed by atoms with Gasteiger partial charge in [0.25, 0.3) is 0 Å². The molecule has 5 nitrogen and oxygen atoms in total. The monoisotopic (exact) mass is 318 g/mol. The summed E-state index contributed by atoms with van der Waals surface area (Å²) in [6, 6.07) is 0.144. The largest absolute Gasteiger partial charge is 0.341 e. The summed E-state index contributed by atoms with van der Waals surface area (Å²) in [4.78, 5) is 14.7. The maximum Gasteiger partial charge on any atom is 0.239 e. The topological polar surface area (TPSA) is 50.2 Å².